The van der Waals surface area contributed by atoms with E-state index in [0.29, 0.717) is 11.8 Å². The first-order chi connectivity index (χ1) is 31.7. The molecule has 326 valence electrons. The molecule has 0 N–H and O–H groups in total. The Morgan fingerprint density at radius 3 is 1.05 bits per heavy atom. The van der Waals surface area contributed by atoms with Gasteiger partial charge in [0.05, 0.1) is 22.1 Å². The second-order valence-electron chi connectivity index (χ2n) is 21.9. The van der Waals surface area contributed by atoms with E-state index in [9.17, 15) is 0 Å². The van der Waals surface area contributed by atoms with E-state index in [4.69, 9.17) is 0 Å². The van der Waals surface area contributed by atoms with Gasteiger partial charge in [0.2, 0.25) is 0 Å². The third-order valence-corrected chi connectivity index (χ3v) is 16.1. The van der Waals surface area contributed by atoms with E-state index in [0.717, 1.165) is 0 Å². The highest BCUT2D eigenvalue weighted by Crippen LogP contribution is 2.61. The molecule has 12 rings (SSSR count). The number of hydrogen-bond acceptors (Lipinski definition) is 0. The van der Waals surface area contributed by atoms with Crippen LogP contribution in [0.3, 0.4) is 0 Å². The minimum atomic E-state index is 0.110. The van der Waals surface area contributed by atoms with Crippen LogP contribution in [0, 0.1) is 0 Å². The fourth-order valence-corrected chi connectivity index (χ4v) is 12.0. The second kappa shape index (κ2) is 14.4. The molecule has 10 aromatic rings. The van der Waals surface area contributed by atoms with Crippen LogP contribution in [0.4, 0.5) is 0 Å². The predicted octanol–water partition coefficient (Wildman–Crippen LogP) is 17.9. The van der Waals surface area contributed by atoms with Crippen LogP contribution in [0.5, 0.6) is 0 Å². The van der Waals surface area contributed by atoms with Gasteiger partial charge in [-0.15, -0.1) is 0 Å². The lowest BCUT2D eigenvalue weighted by Crippen LogP contribution is -2.24. The number of para-hydroxylation sites is 2. The van der Waals surface area contributed by atoms with Crippen molar-refractivity contribution in [3.63, 3.8) is 0 Å². The largest absolute Gasteiger partial charge is 0.309 e. The fraction of sp³-hybridized carbons (Fsp3) is 0.250. The summed E-state index contributed by atoms with van der Waals surface area (Å²) >= 11 is 0. The molecule has 0 spiro atoms. The fourth-order valence-electron chi connectivity index (χ4n) is 12.0. The summed E-state index contributed by atoms with van der Waals surface area (Å²) in [6, 6.07) is 60.4. The minimum Gasteiger partial charge on any atom is -0.309 e. The molecule has 0 amide bonds. The number of aromatic nitrogens is 2. The number of rotatable bonds is 4. The number of fused-ring (bicyclic) bond motifs is 8. The molecule has 8 aromatic carbocycles. The van der Waals surface area contributed by atoms with Crippen molar-refractivity contribution in [2.24, 2.45) is 0 Å². The van der Waals surface area contributed by atoms with Crippen molar-refractivity contribution in [1.29, 1.82) is 0 Å². The van der Waals surface area contributed by atoms with Crippen molar-refractivity contribution in [2.45, 2.75) is 104 Å². The van der Waals surface area contributed by atoms with E-state index in [-0.39, 0.29) is 22.7 Å². The molecule has 2 aliphatic rings. The molecule has 0 fully saturated rings. The summed E-state index contributed by atoms with van der Waals surface area (Å²) in [6.07, 6.45) is 0. The van der Waals surface area contributed by atoms with Crippen LogP contribution in [-0.2, 0) is 10.8 Å². The van der Waals surface area contributed by atoms with Crippen LogP contribution in [0.15, 0.2) is 158 Å². The molecule has 2 heterocycles. The summed E-state index contributed by atoms with van der Waals surface area (Å²) in [5.74, 6) is 1.18. The van der Waals surface area contributed by atoms with Crippen LogP contribution >= 0.6 is 0 Å². The van der Waals surface area contributed by atoms with Crippen molar-refractivity contribution in [3.05, 3.63) is 191 Å². The van der Waals surface area contributed by atoms with Crippen LogP contribution in [0.2, 0.25) is 0 Å². The molecule has 2 heteroatoms. The predicted molar refractivity (Wildman–Crippen MR) is 282 cm³/mol. The quantitative estimate of drug-likeness (QED) is 0.167. The Labute approximate surface area is 390 Å². The lowest BCUT2D eigenvalue weighted by Gasteiger charge is -2.42. The first kappa shape index (κ1) is 40.8. The standard InChI is InChI=1S/C64H60N2/c1-37-38(2)50-36-54-52-34-44(42-23-29-46(30-24-42)64(8,9)10)26-32-56(52)66(48-19-15-12-16-20-48)62(54)58-40(4)39(3)57-59(60(50)58)49(37)35-53-51-33-43(41-21-27-45(28-22-41)63(5,6)7)25-31-55(51)65(61(53)57)47-17-13-11-14-18-47/h11-40H,1-10H3. The molecule has 2 aliphatic carbocycles. The van der Waals surface area contributed by atoms with Gasteiger partial charge < -0.3 is 9.13 Å². The molecule has 0 aliphatic heterocycles. The van der Waals surface area contributed by atoms with Gasteiger partial charge in [-0.3, -0.25) is 0 Å². The van der Waals surface area contributed by atoms with Crippen molar-refractivity contribution in [1.82, 2.24) is 9.13 Å². The SMILES string of the molecule is CC1c2cc3c4cc(-c5ccc(C(C)(C)C)cc5)ccc4n(-c4ccccc4)c3c3c2-c2c(cc4c5cc(-c6ccc(C(C)(C)C)cc6)ccc5n(-c5ccccc5)c4c2C(C)C3C)C1C. The van der Waals surface area contributed by atoms with Crippen molar-refractivity contribution in [3.8, 4) is 44.8 Å². The molecule has 2 aromatic heterocycles. The van der Waals surface area contributed by atoms with Gasteiger partial charge in [0.1, 0.15) is 0 Å². The maximum atomic E-state index is 2.62. The third-order valence-electron chi connectivity index (χ3n) is 16.1. The van der Waals surface area contributed by atoms with Gasteiger partial charge in [0.25, 0.3) is 0 Å². The van der Waals surface area contributed by atoms with Gasteiger partial charge in [0.15, 0.2) is 0 Å². The monoisotopic (exact) mass is 856 g/mol. The van der Waals surface area contributed by atoms with Crippen molar-refractivity contribution in [2.75, 3.05) is 0 Å². The molecule has 66 heavy (non-hydrogen) atoms. The summed E-state index contributed by atoms with van der Waals surface area (Å²) in [6.45, 7) is 23.8. The van der Waals surface area contributed by atoms with Gasteiger partial charge in [-0.25, -0.2) is 0 Å². The second-order valence-corrected chi connectivity index (χ2v) is 21.9. The lowest BCUT2D eigenvalue weighted by molar-refractivity contribution is 0.584. The van der Waals surface area contributed by atoms with E-state index < -0.39 is 0 Å². The number of nitrogens with zero attached hydrogens (tertiary/aromatic N) is 2. The summed E-state index contributed by atoms with van der Waals surface area (Å²) in [5.41, 5.74) is 24.6. The molecule has 2 nitrogen and oxygen atoms in total. The van der Waals surface area contributed by atoms with Crippen LogP contribution in [0.25, 0.3) is 88.4 Å². The van der Waals surface area contributed by atoms with Crippen LogP contribution in [-0.4, -0.2) is 9.13 Å². The summed E-state index contributed by atoms with van der Waals surface area (Å²) < 4.78 is 5.19. The third kappa shape index (κ3) is 5.93. The average Bonchev–Trinajstić information content (AvgIpc) is 3.83. The minimum absolute atomic E-state index is 0.110. The van der Waals surface area contributed by atoms with Gasteiger partial charge in [-0.2, -0.15) is 0 Å². The molecular formula is C64H60N2. The highest BCUT2D eigenvalue weighted by molar-refractivity contribution is 6.17. The zero-order valence-electron chi connectivity index (χ0n) is 40.2. The van der Waals surface area contributed by atoms with Gasteiger partial charge in [-0.05, 0) is 162 Å². The molecule has 0 saturated heterocycles. The van der Waals surface area contributed by atoms with E-state index in [1.54, 1.807) is 0 Å². The summed E-state index contributed by atoms with van der Waals surface area (Å²) in [7, 11) is 0. The molecule has 0 radical (unpaired) electrons. The van der Waals surface area contributed by atoms with E-state index in [1.165, 1.54) is 122 Å². The number of hydrogen-bond donors (Lipinski definition) is 0. The molecule has 0 saturated carbocycles. The molecule has 0 bridgehead atoms. The Balaban J connectivity index is 1.16. The van der Waals surface area contributed by atoms with Crippen molar-refractivity contribution >= 4 is 43.6 Å². The normalized spacial score (nSPS) is 18.2. The Morgan fingerprint density at radius 2 is 0.697 bits per heavy atom. The highest BCUT2D eigenvalue weighted by Gasteiger charge is 2.42. The Hall–Kier alpha value is -6.64. The Bertz CT molecular complexity index is 3330. The Kier molecular flexibility index (Phi) is 8.93. The smallest absolute Gasteiger partial charge is 0.0582 e. The van der Waals surface area contributed by atoms with Crippen molar-refractivity contribution < 1.29 is 0 Å². The number of benzene rings is 8. The first-order valence-corrected chi connectivity index (χ1v) is 24.3. The Morgan fingerprint density at radius 1 is 0.348 bits per heavy atom. The lowest BCUT2D eigenvalue weighted by atomic mass is 9.62. The van der Waals surface area contributed by atoms with E-state index in [1.807, 2.05) is 0 Å². The van der Waals surface area contributed by atoms with Gasteiger partial charge >= 0.3 is 0 Å². The maximum absolute atomic E-state index is 2.62. The molecular weight excluding hydrogens is 797 g/mol. The summed E-state index contributed by atoms with van der Waals surface area (Å²) in [4.78, 5) is 0. The first-order valence-electron chi connectivity index (χ1n) is 24.3. The zero-order valence-corrected chi connectivity index (χ0v) is 40.2. The van der Waals surface area contributed by atoms with Crippen LogP contribution in [0.1, 0.15) is 126 Å². The van der Waals surface area contributed by atoms with Gasteiger partial charge in [0, 0.05) is 32.9 Å². The zero-order chi connectivity index (χ0) is 45.6. The topological polar surface area (TPSA) is 9.86 Å². The average molecular weight is 857 g/mol. The van der Waals surface area contributed by atoms with Gasteiger partial charge in [-0.1, -0.05) is 166 Å². The van der Waals surface area contributed by atoms with E-state index in [2.05, 4.69) is 236 Å². The van der Waals surface area contributed by atoms with E-state index >= 15 is 0 Å². The highest BCUT2D eigenvalue weighted by atomic mass is 15.0. The summed E-state index contributed by atoms with van der Waals surface area (Å²) in [5, 5.41) is 5.38. The van der Waals surface area contributed by atoms with Crippen LogP contribution < -0.4 is 0 Å². The molecule has 4 atom stereocenters. The maximum Gasteiger partial charge on any atom is 0.0582 e. The molecule has 4 unspecified atom stereocenters.